The number of halogens is 2. The summed E-state index contributed by atoms with van der Waals surface area (Å²) in [6.45, 7) is 8.86. The van der Waals surface area contributed by atoms with Gasteiger partial charge in [0.25, 0.3) is 0 Å². The second kappa shape index (κ2) is 23.6. The van der Waals surface area contributed by atoms with Crippen molar-refractivity contribution in [3.63, 3.8) is 0 Å². The molecule has 174 valence electrons. The maximum absolute atomic E-state index is 10.8. The predicted octanol–water partition coefficient (Wildman–Crippen LogP) is 6.37. The molecule has 7 heteroatoms. The highest BCUT2D eigenvalue weighted by Gasteiger charge is 2.25. The van der Waals surface area contributed by atoms with E-state index >= 15 is 0 Å². The lowest BCUT2D eigenvalue weighted by Crippen LogP contribution is -2.24. The van der Waals surface area contributed by atoms with Gasteiger partial charge in [-0.2, -0.15) is 0 Å². The molecule has 5 nitrogen and oxygen atoms in total. The van der Waals surface area contributed by atoms with Crippen LogP contribution in [-0.2, 0) is 19.1 Å². The lowest BCUT2D eigenvalue weighted by atomic mass is 9.91. The Morgan fingerprint density at radius 2 is 1.17 bits per heavy atom. The molecule has 0 aromatic heterocycles. The standard InChI is InChI=1S/C12H27N.C7H14O2.C3H2Cl2O2/c1-2-3-4-5-6-7-8-9-10-11-12-13;1-5-7(2,3)6(8)9-4;4-2(6)1-3(5)7/h2-13H2,1H3;5H2,1-4H3;1H2. The molecule has 0 fully saturated rings. The molecule has 0 heterocycles. The molecule has 0 saturated heterocycles. The van der Waals surface area contributed by atoms with Gasteiger partial charge in [0, 0.05) is 0 Å². The maximum atomic E-state index is 10.8. The van der Waals surface area contributed by atoms with Crippen molar-refractivity contribution in [2.75, 3.05) is 13.7 Å². The molecule has 0 aliphatic heterocycles. The summed E-state index contributed by atoms with van der Waals surface area (Å²) in [5, 5.41) is -1.44. The number of hydrogen-bond donors (Lipinski definition) is 1. The fourth-order valence-corrected chi connectivity index (χ4v) is 2.47. The van der Waals surface area contributed by atoms with E-state index in [0.29, 0.717) is 0 Å². The highest BCUT2D eigenvalue weighted by atomic mass is 35.5. The fraction of sp³-hybridized carbons (Fsp3) is 0.864. The third-order valence-corrected chi connectivity index (χ3v) is 4.72. The van der Waals surface area contributed by atoms with Gasteiger partial charge in [0.15, 0.2) is 0 Å². The topological polar surface area (TPSA) is 86.5 Å². The Hall–Kier alpha value is -0.650. The third kappa shape index (κ3) is 29.6. The summed E-state index contributed by atoms with van der Waals surface area (Å²) in [6.07, 6.45) is 14.4. The lowest BCUT2D eigenvalue weighted by Gasteiger charge is -2.17. The molecule has 0 spiro atoms. The molecular weight excluding hydrogens is 413 g/mol. The Morgan fingerprint density at radius 1 is 0.793 bits per heavy atom. The van der Waals surface area contributed by atoms with Crippen LogP contribution >= 0.6 is 23.2 Å². The first kappa shape index (κ1) is 33.0. The van der Waals surface area contributed by atoms with E-state index in [2.05, 4.69) is 11.7 Å². The second-order valence-corrected chi connectivity index (χ2v) is 8.43. The van der Waals surface area contributed by atoms with E-state index in [0.717, 1.165) is 13.0 Å². The van der Waals surface area contributed by atoms with Crippen LogP contribution in [0.15, 0.2) is 0 Å². The van der Waals surface area contributed by atoms with Crippen molar-refractivity contribution in [2.24, 2.45) is 11.1 Å². The van der Waals surface area contributed by atoms with Gasteiger partial charge in [-0.05, 0) is 56.4 Å². The SMILES string of the molecule is CCC(C)(C)C(=O)OC.CCCCCCCCCCCCN.O=C(Cl)CC(=O)Cl. The largest absolute Gasteiger partial charge is 0.469 e. The van der Waals surface area contributed by atoms with Crippen LogP contribution < -0.4 is 5.73 Å². The predicted molar refractivity (Wildman–Crippen MR) is 123 cm³/mol. The smallest absolute Gasteiger partial charge is 0.311 e. The molecule has 0 radical (unpaired) electrons. The van der Waals surface area contributed by atoms with Crippen LogP contribution in [0.25, 0.3) is 0 Å². The number of methoxy groups -OCH3 is 1. The maximum Gasteiger partial charge on any atom is 0.311 e. The van der Waals surface area contributed by atoms with Crippen LogP contribution in [0.3, 0.4) is 0 Å². The molecule has 0 saturated carbocycles. The van der Waals surface area contributed by atoms with Gasteiger partial charge < -0.3 is 10.5 Å². The van der Waals surface area contributed by atoms with Crippen molar-refractivity contribution in [3.05, 3.63) is 0 Å². The third-order valence-electron chi connectivity index (χ3n) is 4.46. The van der Waals surface area contributed by atoms with Gasteiger partial charge in [0.1, 0.15) is 0 Å². The molecule has 0 aromatic carbocycles. The van der Waals surface area contributed by atoms with E-state index in [9.17, 15) is 14.4 Å². The van der Waals surface area contributed by atoms with Crippen LogP contribution in [0.1, 0.15) is 105 Å². The average Bonchev–Trinajstić information content (AvgIpc) is 2.66. The molecule has 0 unspecified atom stereocenters. The molecule has 0 aliphatic carbocycles. The van der Waals surface area contributed by atoms with E-state index in [1.165, 1.54) is 71.3 Å². The number of carbonyl (C=O) groups excluding carboxylic acids is 3. The number of esters is 1. The Bertz CT molecular complexity index is 394. The number of ether oxygens (including phenoxy) is 1. The van der Waals surface area contributed by atoms with Crippen LogP contribution in [-0.4, -0.2) is 30.1 Å². The minimum absolute atomic E-state index is 0.134. The quantitative estimate of drug-likeness (QED) is 0.142. The molecule has 0 bridgehead atoms. The van der Waals surface area contributed by atoms with Crippen LogP contribution in [0.5, 0.6) is 0 Å². The summed E-state index contributed by atoms with van der Waals surface area (Å²) in [5.74, 6) is -0.134. The van der Waals surface area contributed by atoms with E-state index < -0.39 is 10.5 Å². The van der Waals surface area contributed by atoms with E-state index in [-0.39, 0.29) is 17.8 Å². The summed E-state index contributed by atoms with van der Waals surface area (Å²) >= 11 is 9.46. The summed E-state index contributed by atoms with van der Waals surface area (Å²) in [5.41, 5.74) is 5.11. The lowest BCUT2D eigenvalue weighted by molar-refractivity contribution is -0.150. The Balaban J connectivity index is -0.000000370. The van der Waals surface area contributed by atoms with Crippen molar-refractivity contribution in [1.29, 1.82) is 0 Å². The first-order chi connectivity index (χ1) is 13.6. The first-order valence-corrected chi connectivity index (χ1v) is 11.5. The molecule has 0 atom stereocenters. The van der Waals surface area contributed by atoms with Crippen molar-refractivity contribution in [2.45, 2.75) is 105 Å². The summed E-state index contributed by atoms with van der Waals surface area (Å²) in [6, 6.07) is 0. The summed E-state index contributed by atoms with van der Waals surface area (Å²) in [7, 11) is 1.42. The van der Waals surface area contributed by atoms with Gasteiger partial charge in [0.05, 0.1) is 18.9 Å². The molecule has 0 aromatic rings. The molecular formula is C22H43Cl2NO4. The Kier molecular flexibility index (Phi) is 26.9. The normalized spacial score (nSPS) is 10.2. The highest BCUT2D eigenvalue weighted by Crippen LogP contribution is 2.20. The van der Waals surface area contributed by atoms with Crippen molar-refractivity contribution in [1.82, 2.24) is 0 Å². The Labute approximate surface area is 188 Å². The van der Waals surface area contributed by atoms with Crippen LogP contribution in [0.4, 0.5) is 0 Å². The zero-order valence-corrected chi connectivity index (χ0v) is 20.7. The zero-order chi connectivity index (χ0) is 23.1. The zero-order valence-electron chi connectivity index (χ0n) is 19.2. The van der Waals surface area contributed by atoms with Gasteiger partial charge >= 0.3 is 5.97 Å². The van der Waals surface area contributed by atoms with Gasteiger partial charge in [-0.15, -0.1) is 0 Å². The highest BCUT2D eigenvalue weighted by molar-refractivity contribution is 6.72. The number of rotatable bonds is 14. The number of hydrogen-bond acceptors (Lipinski definition) is 5. The first-order valence-electron chi connectivity index (χ1n) is 10.7. The van der Waals surface area contributed by atoms with Crippen molar-refractivity contribution < 1.29 is 19.1 Å². The monoisotopic (exact) mass is 455 g/mol. The number of unbranched alkanes of at least 4 members (excludes halogenated alkanes) is 9. The molecule has 0 aliphatic rings. The van der Waals surface area contributed by atoms with E-state index in [1.807, 2.05) is 20.8 Å². The molecule has 29 heavy (non-hydrogen) atoms. The van der Waals surface area contributed by atoms with E-state index in [4.69, 9.17) is 28.9 Å². The molecule has 0 amide bonds. The van der Waals surface area contributed by atoms with Gasteiger partial charge in [0.2, 0.25) is 10.5 Å². The van der Waals surface area contributed by atoms with E-state index in [1.54, 1.807) is 0 Å². The van der Waals surface area contributed by atoms with Gasteiger partial charge in [-0.25, -0.2) is 0 Å². The second-order valence-electron chi connectivity index (χ2n) is 7.59. The summed E-state index contributed by atoms with van der Waals surface area (Å²) in [4.78, 5) is 30.3. The van der Waals surface area contributed by atoms with Crippen molar-refractivity contribution >= 4 is 39.7 Å². The van der Waals surface area contributed by atoms with Gasteiger partial charge in [-0.1, -0.05) is 71.6 Å². The van der Waals surface area contributed by atoms with Crippen LogP contribution in [0.2, 0.25) is 0 Å². The van der Waals surface area contributed by atoms with Crippen LogP contribution in [0, 0.1) is 5.41 Å². The minimum atomic E-state index is -0.722. The minimum Gasteiger partial charge on any atom is -0.469 e. The summed E-state index contributed by atoms with van der Waals surface area (Å²) < 4.78 is 4.57. The molecule has 0 rings (SSSR count). The number of carbonyl (C=O) groups is 3. The average molecular weight is 456 g/mol. The number of nitrogens with two attached hydrogens (primary N) is 1. The molecule has 2 N–H and O–H groups in total. The Morgan fingerprint density at radius 3 is 1.38 bits per heavy atom. The van der Waals surface area contributed by atoms with Gasteiger partial charge in [-0.3, -0.25) is 14.4 Å². The fourth-order valence-electron chi connectivity index (χ4n) is 2.16. The van der Waals surface area contributed by atoms with Crippen molar-refractivity contribution in [3.8, 4) is 0 Å².